The molecule has 0 aliphatic heterocycles. The summed E-state index contributed by atoms with van der Waals surface area (Å²) in [6.07, 6.45) is -0.272. The summed E-state index contributed by atoms with van der Waals surface area (Å²) in [5.41, 5.74) is 0.360. The first-order valence-electron chi connectivity index (χ1n) is 6.96. The molecule has 0 amide bonds. The second kappa shape index (κ2) is 7.11. The number of hydrogen-bond donors (Lipinski definition) is 2. The number of benzene rings is 2. The van der Waals surface area contributed by atoms with Crippen LogP contribution in [0.25, 0.3) is 0 Å². The molecule has 0 aromatic heterocycles. The number of halogens is 1. The fraction of sp³-hybridized carbons (Fsp3) is 0.188. The van der Waals surface area contributed by atoms with E-state index in [0.29, 0.717) is 5.56 Å². The Labute approximate surface area is 144 Å². The highest BCUT2D eigenvalue weighted by molar-refractivity contribution is 7.91. The molecule has 0 bridgehead atoms. The lowest BCUT2D eigenvalue weighted by atomic mass is 10.1. The second-order valence-corrected chi connectivity index (χ2v) is 7.69. The number of carboxylic acid groups (broad SMARTS) is 1. The Morgan fingerprint density at radius 3 is 2.50 bits per heavy atom. The van der Waals surface area contributed by atoms with E-state index in [1.54, 1.807) is 0 Å². The summed E-state index contributed by atoms with van der Waals surface area (Å²) in [6, 6.07) is 8.15. The van der Waals surface area contributed by atoms with Crippen molar-refractivity contribution in [3.63, 3.8) is 0 Å². The van der Waals surface area contributed by atoms with Crippen molar-refractivity contribution in [1.29, 1.82) is 0 Å². The van der Waals surface area contributed by atoms with E-state index in [2.05, 4.69) is 0 Å². The van der Waals surface area contributed by atoms with Crippen LogP contribution in [0, 0.1) is 0 Å². The van der Waals surface area contributed by atoms with Crippen LogP contribution in [0.1, 0.15) is 12.5 Å². The van der Waals surface area contributed by atoms with Crippen molar-refractivity contribution in [3.8, 4) is 17.2 Å². The SMILES string of the molecule is CCS(=O)(=O)c1ccc(Oc2cc(O)cc(CC(=O)O)c2)c(Cl)c1. The molecule has 8 heteroatoms. The van der Waals surface area contributed by atoms with E-state index in [4.69, 9.17) is 21.4 Å². The number of ether oxygens (including phenoxy) is 1. The van der Waals surface area contributed by atoms with E-state index in [1.807, 2.05) is 0 Å². The van der Waals surface area contributed by atoms with Crippen LogP contribution in [-0.2, 0) is 21.1 Å². The quantitative estimate of drug-likeness (QED) is 0.809. The average molecular weight is 371 g/mol. The van der Waals surface area contributed by atoms with Crippen LogP contribution >= 0.6 is 11.6 Å². The molecule has 0 radical (unpaired) electrons. The molecule has 0 fully saturated rings. The Morgan fingerprint density at radius 2 is 1.92 bits per heavy atom. The maximum Gasteiger partial charge on any atom is 0.307 e. The Kier molecular flexibility index (Phi) is 5.36. The van der Waals surface area contributed by atoms with Gasteiger partial charge in [-0.15, -0.1) is 0 Å². The van der Waals surface area contributed by atoms with E-state index >= 15 is 0 Å². The van der Waals surface area contributed by atoms with Crippen molar-refractivity contribution in [2.24, 2.45) is 0 Å². The predicted molar refractivity (Wildman–Crippen MR) is 88.7 cm³/mol. The van der Waals surface area contributed by atoms with Gasteiger partial charge in [0.1, 0.15) is 17.2 Å². The second-order valence-electron chi connectivity index (χ2n) is 5.00. The summed E-state index contributed by atoms with van der Waals surface area (Å²) in [5.74, 6) is -0.851. The Morgan fingerprint density at radius 1 is 1.21 bits per heavy atom. The van der Waals surface area contributed by atoms with E-state index in [9.17, 15) is 18.3 Å². The molecule has 2 aromatic rings. The Bertz CT molecular complexity index is 876. The van der Waals surface area contributed by atoms with Gasteiger partial charge in [0.25, 0.3) is 0 Å². The molecule has 2 rings (SSSR count). The van der Waals surface area contributed by atoms with Crippen molar-refractivity contribution in [2.75, 3.05) is 5.75 Å². The number of sulfone groups is 1. The van der Waals surface area contributed by atoms with E-state index < -0.39 is 15.8 Å². The number of aromatic hydroxyl groups is 1. The predicted octanol–water partition coefficient (Wildman–Crippen LogP) is 3.26. The minimum absolute atomic E-state index is 0.0470. The van der Waals surface area contributed by atoms with Gasteiger partial charge in [-0.2, -0.15) is 0 Å². The van der Waals surface area contributed by atoms with Crippen LogP contribution in [0.2, 0.25) is 5.02 Å². The largest absolute Gasteiger partial charge is 0.508 e. The summed E-state index contributed by atoms with van der Waals surface area (Å²) < 4.78 is 29.2. The lowest BCUT2D eigenvalue weighted by Crippen LogP contribution is -2.03. The molecule has 0 saturated heterocycles. The third kappa shape index (κ3) is 4.39. The molecular weight excluding hydrogens is 356 g/mol. The summed E-state index contributed by atoms with van der Waals surface area (Å²) in [6.45, 7) is 1.53. The van der Waals surface area contributed by atoms with Gasteiger partial charge in [0, 0.05) is 6.07 Å². The molecule has 0 atom stereocenters. The summed E-state index contributed by atoms with van der Waals surface area (Å²) in [4.78, 5) is 10.9. The monoisotopic (exact) mass is 370 g/mol. The summed E-state index contributed by atoms with van der Waals surface area (Å²) in [7, 11) is -3.38. The molecule has 0 heterocycles. The lowest BCUT2D eigenvalue weighted by Gasteiger charge is -2.11. The first-order valence-corrected chi connectivity index (χ1v) is 8.99. The zero-order valence-electron chi connectivity index (χ0n) is 12.7. The van der Waals surface area contributed by atoms with Crippen molar-refractivity contribution < 1.29 is 28.2 Å². The number of carboxylic acids is 1. The molecule has 0 aliphatic rings. The molecule has 2 N–H and O–H groups in total. The van der Waals surface area contributed by atoms with Crippen LogP contribution in [0.5, 0.6) is 17.2 Å². The maximum absolute atomic E-state index is 11.8. The van der Waals surface area contributed by atoms with Crippen molar-refractivity contribution in [1.82, 2.24) is 0 Å². The number of phenols is 1. The van der Waals surface area contributed by atoms with Crippen molar-refractivity contribution in [3.05, 3.63) is 47.0 Å². The van der Waals surface area contributed by atoms with Gasteiger partial charge >= 0.3 is 5.97 Å². The molecule has 0 aliphatic carbocycles. The van der Waals surface area contributed by atoms with Crippen molar-refractivity contribution >= 4 is 27.4 Å². The first-order chi connectivity index (χ1) is 11.2. The molecule has 128 valence electrons. The number of aliphatic carboxylic acids is 1. The highest BCUT2D eigenvalue weighted by atomic mass is 35.5. The lowest BCUT2D eigenvalue weighted by molar-refractivity contribution is -0.136. The number of carbonyl (C=O) groups is 1. The Balaban J connectivity index is 2.32. The molecule has 0 unspecified atom stereocenters. The standard InChI is InChI=1S/C16H15ClO6S/c1-2-24(21,22)13-3-4-15(14(17)9-13)23-12-6-10(7-16(19)20)5-11(18)8-12/h3-6,8-9,18H,2,7H2,1H3,(H,19,20). The van der Waals surface area contributed by atoms with Crippen LogP contribution in [-0.4, -0.2) is 30.4 Å². The zero-order chi connectivity index (χ0) is 17.9. The number of phenolic OH excluding ortho intramolecular Hbond substituents is 1. The van der Waals surface area contributed by atoms with Crippen LogP contribution in [0.4, 0.5) is 0 Å². The highest BCUT2D eigenvalue weighted by Crippen LogP contribution is 2.33. The summed E-state index contributed by atoms with van der Waals surface area (Å²) >= 11 is 6.06. The van der Waals surface area contributed by atoms with Crippen LogP contribution in [0.3, 0.4) is 0 Å². The van der Waals surface area contributed by atoms with Crippen molar-refractivity contribution in [2.45, 2.75) is 18.2 Å². The van der Waals surface area contributed by atoms with Gasteiger partial charge in [0.2, 0.25) is 0 Å². The Hall–Kier alpha value is -2.25. The highest BCUT2D eigenvalue weighted by Gasteiger charge is 2.15. The van der Waals surface area contributed by atoms with Crippen LogP contribution in [0.15, 0.2) is 41.3 Å². The normalized spacial score (nSPS) is 11.2. The third-order valence-corrected chi connectivity index (χ3v) is 5.20. The van der Waals surface area contributed by atoms with Gasteiger partial charge in [-0.3, -0.25) is 4.79 Å². The minimum atomic E-state index is -3.38. The van der Waals surface area contributed by atoms with Crippen LogP contribution < -0.4 is 4.74 Å². The first kappa shape index (κ1) is 18.1. The molecule has 24 heavy (non-hydrogen) atoms. The molecule has 0 saturated carbocycles. The van der Waals surface area contributed by atoms with Gasteiger partial charge in [-0.25, -0.2) is 8.42 Å². The maximum atomic E-state index is 11.8. The van der Waals surface area contributed by atoms with Gasteiger partial charge in [-0.1, -0.05) is 18.5 Å². The fourth-order valence-electron chi connectivity index (χ4n) is 2.03. The average Bonchev–Trinajstić information content (AvgIpc) is 2.48. The molecule has 6 nitrogen and oxygen atoms in total. The topological polar surface area (TPSA) is 101 Å². The van der Waals surface area contributed by atoms with E-state index in [1.165, 1.54) is 43.3 Å². The number of hydrogen-bond acceptors (Lipinski definition) is 5. The molecular formula is C16H15ClO6S. The zero-order valence-corrected chi connectivity index (χ0v) is 14.3. The van der Waals surface area contributed by atoms with Gasteiger partial charge < -0.3 is 14.9 Å². The summed E-state index contributed by atoms with van der Waals surface area (Å²) in [5, 5.41) is 18.6. The fourth-order valence-corrected chi connectivity index (χ4v) is 3.22. The third-order valence-electron chi connectivity index (χ3n) is 3.18. The van der Waals surface area contributed by atoms with Gasteiger partial charge in [-0.05, 0) is 35.9 Å². The molecule has 0 spiro atoms. The van der Waals surface area contributed by atoms with Gasteiger partial charge in [0.05, 0.1) is 22.1 Å². The molecule has 2 aromatic carbocycles. The smallest absolute Gasteiger partial charge is 0.307 e. The number of rotatable bonds is 6. The van der Waals surface area contributed by atoms with E-state index in [-0.39, 0.29) is 39.3 Å². The van der Waals surface area contributed by atoms with Gasteiger partial charge in [0.15, 0.2) is 9.84 Å². The van der Waals surface area contributed by atoms with E-state index in [0.717, 1.165) is 0 Å². The minimum Gasteiger partial charge on any atom is -0.508 e.